The van der Waals surface area contributed by atoms with E-state index in [2.05, 4.69) is 0 Å². The fraction of sp³-hybridized carbons (Fsp3) is 0.0769. The number of hydrogen-bond acceptors (Lipinski definition) is 2. The number of aromatic hydroxyl groups is 1. The van der Waals surface area contributed by atoms with E-state index >= 15 is 0 Å². The average molecular weight is 197 g/mol. The summed E-state index contributed by atoms with van der Waals surface area (Å²) < 4.78 is 0. The highest BCUT2D eigenvalue weighted by Gasteiger charge is 2.18. The number of nitrogen functional groups attached to an aromatic ring is 1. The number of rotatable bonds is 0. The van der Waals surface area contributed by atoms with E-state index in [1.165, 1.54) is 16.7 Å². The van der Waals surface area contributed by atoms with E-state index in [4.69, 9.17) is 5.73 Å². The van der Waals surface area contributed by atoms with Gasteiger partial charge in [0.2, 0.25) is 0 Å². The second kappa shape index (κ2) is 2.76. The predicted octanol–water partition coefficient (Wildman–Crippen LogP) is 2.55. The first kappa shape index (κ1) is 8.36. The predicted molar refractivity (Wildman–Crippen MR) is 60.8 cm³/mol. The van der Waals surface area contributed by atoms with Crippen LogP contribution >= 0.6 is 0 Å². The molecule has 0 radical (unpaired) electrons. The maximum Gasteiger partial charge on any atom is 0.116 e. The lowest BCUT2D eigenvalue weighted by Gasteiger charge is -2.01. The van der Waals surface area contributed by atoms with Gasteiger partial charge < -0.3 is 10.8 Å². The van der Waals surface area contributed by atoms with E-state index in [0.29, 0.717) is 5.75 Å². The Hall–Kier alpha value is -1.96. The summed E-state index contributed by atoms with van der Waals surface area (Å²) in [6.45, 7) is 0. The molecule has 1 aliphatic rings. The second-order valence-electron chi connectivity index (χ2n) is 3.93. The van der Waals surface area contributed by atoms with E-state index in [0.717, 1.165) is 17.7 Å². The summed E-state index contributed by atoms with van der Waals surface area (Å²) in [5.41, 5.74) is 11.4. The zero-order valence-corrected chi connectivity index (χ0v) is 8.20. The molecule has 0 amide bonds. The van der Waals surface area contributed by atoms with Crippen molar-refractivity contribution in [1.29, 1.82) is 0 Å². The normalized spacial score (nSPS) is 12.3. The Morgan fingerprint density at radius 3 is 2.67 bits per heavy atom. The Bertz CT molecular complexity index is 546. The molecule has 0 spiro atoms. The molecule has 0 aliphatic heterocycles. The second-order valence-corrected chi connectivity index (χ2v) is 3.93. The molecular formula is C13H11NO. The van der Waals surface area contributed by atoms with Crippen LogP contribution in [0.15, 0.2) is 36.4 Å². The Kier molecular flexibility index (Phi) is 1.54. The minimum absolute atomic E-state index is 0.318. The summed E-state index contributed by atoms with van der Waals surface area (Å²) >= 11 is 0. The number of anilines is 1. The van der Waals surface area contributed by atoms with Gasteiger partial charge in [-0.3, -0.25) is 0 Å². The zero-order valence-electron chi connectivity index (χ0n) is 8.20. The third-order valence-corrected chi connectivity index (χ3v) is 2.89. The molecule has 15 heavy (non-hydrogen) atoms. The molecule has 2 heteroatoms. The minimum atomic E-state index is 0.318. The molecule has 1 aliphatic carbocycles. The van der Waals surface area contributed by atoms with E-state index in [9.17, 15) is 5.11 Å². The molecule has 0 heterocycles. The van der Waals surface area contributed by atoms with Gasteiger partial charge in [-0.25, -0.2) is 0 Å². The van der Waals surface area contributed by atoms with Crippen LogP contribution in [0.4, 0.5) is 5.69 Å². The van der Waals surface area contributed by atoms with Crippen molar-refractivity contribution in [3.63, 3.8) is 0 Å². The van der Waals surface area contributed by atoms with Crippen LogP contribution in [-0.4, -0.2) is 5.11 Å². The van der Waals surface area contributed by atoms with Gasteiger partial charge in [-0.15, -0.1) is 0 Å². The van der Waals surface area contributed by atoms with Crippen LogP contribution < -0.4 is 5.73 Å². The van der Waals surface area contributed by atoms with E-state index in [1.807, 2.05) is 30.3 Å². The molecule has 3 rings (SSSR count). The van der Waals surface area contributed by atoms with Crippen LogP contribution in [0.25, 0.3) is 11.1 Å². The topological polar surface area (TPSA) is 46.2 Å². The Balaban J connectivity index is 2.26. The van der Waals surface area contributed by atoms with Crippen LogP contribution in [0.1, 0.15) is 11.1 Å². The van der Waals surface area contributed by atoms with E-state index < -0.39 is 0 Å². The number of hydrogen-bond donors (Lipinski definition) is 2. The monoisotopic (exact) mass is 197 g/mol. The standard InChI is InChI=1S/C13H11NO/c14-10-2-4-12-9(6-10)5-8-1-3-11(15)7-13(8)12/h1-4,6-7,15H,5,14H2. The van der Waals surface area contributed by atoms with Crippen molar-refractivity contribution in [2.24, 2.45) is 0 Å². The number of benzene rings is 2. The van der Waals surface area contributed by atoms with Gasteiger partial charge >= 0.3 is 0 Å². The summed E-state index contributed by atoms with van der Waals surface area (Å²) in [6.07, 6.45) is 0.913. The van der Waals surface area contributed by atoms with Gasteiger partial charge in [0.1, 0.15) is 5.75 Å². The third-order valence-electron chi connectivity index (χ3n) is 2.89. The molecule has 0 unspecified atom stereocenters. The van der Waals surface area contributed by atoms with Gasteiger partial charge in [0.25, 0.3) is 0 Å². The summed E-state index contributed by atoms with van der Waals surface area (Å²) in [5.74, 6) is 0.318. The van der Waals surface area contributed by atoms with Crippen LogP contribution in [0, 0.1) is 0 Å². The first-order valence-electron chi connectivity index (χ1n) is 4.95. The van der Waals surface area contributed by atoms with E-state index in [1.54, 1.807) is 6.07 Å². The van der Waals surface area contributed by atoms with Crippen molar-refractivity contribution in [2.45, 2.75) is 6.42 Å². The molecule has 0 aromatic heterocycles. The molecule has 2 aromatic carbocycles. The molecule has 3 N–H and O–H groups in total. The van der Waals surface area contributed by atoms with Gasteiger partial charge in [0, 0.05) is 5.69 Å². The minimum Gasteiger partial charge on any atom is -0.508 e. The highest BCUT2D eigenvalue weighted by molar-refractivity contribution is 5.79. The van der Waals surface area contributed by atoms with Crippen molar-refractivity contribution < 1.29 is 5.11 Å². The lowest BCUT2D eigenvalue weighted by atomic mass is 10.1. The summed E-state index contributed by atoms with van der Waals surface area (Å²) in [6, 6.07) is 11.5. The summed E-state index contributed by atoms with van der Waals surface area (Å²) in [5, 5.41) is 9.45. The lowest BCUT2D eigenvalue weighted by molar-refractivity contribution is 0.475. The number of phenols is 1. The van der Waals surface area contributed by atoms with Crippen LogP contribution in [-0.2, 0) is 6.42 Å². The number of fused-ring (bicyclic) bond motifs is 3. The van der Waals surface area contributed by atoms with Crippen LogP contribution in [0.5, 0.6) is 5.75 Å². The molecule has 74 valence electrons. The van der Waals surface area contributed by atoms with Gasteiger partial charge in [0.15, 0.2) is 0 Å². The Labute approximate surface area is 88.0 Å². The maximum absolute atomic E-state index is 9.45. The molecule has 0 saturated heterocycles. The van der Waals surface area contributed by atoms with Gasteiger partial charge in [-0.2, -0.15) is 0 Å². The molecule has 0 bridgehead atoms. The van der Waals surface area contributed by atoms with Crippen molar-refractivity contribution >= 4 is 5.69 Å². The molecule has 2 aromatic rings. The Morgan fingerprint density at radius 2 is 1.80 bits per heavy atom. The van der Waals surface area contributed by atoms with Gasteiger partial charge in [-0.05, 0) is 52.9 Å². The fourth-order valence-corrected chi connectivity index (χ4v) is 2.20. The van der Waals surface area contributed by atoms with Crippen molar-refractivity contribution in [1.82, 2.24) is 0 Å². The average Bonchev–Trinajstić information content (AvgIpc) is 2.54. The van der Waals surface area contributed by atoms with E-state index in [-0.39, 0.29) is 0 Å². The van der Waals surface area contributed by atoms with Crippen LogP contribution in [0.3, 0.4) is 0 Å². The van der Waals surface area contributed by atoms with Gasteiger partial charge in [-0.1, -0.05) is 12.1 Å². The van der Waals surface area contributed by atoms with Gasteiger partial charge in [0.05, 0.1) is 0 Å². The molecular weight excluding hydrogens is 186 g/mol. The first-order chi connectivity index (χ1) is 7.24. The SMILES string of the molecule is Nc1ccc2c(c1)Cc1ccc(O)cc1-2. The fourth-order valence-electron chi connectivity index (χ4n) is 2.20. The highest BCUT2D eigenvalue weighted by atomic mass is 16.3. The summed E-state index contributed by atoms with van der Waals surface area (Å²) in [4.78, 5) is 0. The molecule has 0 fully saturated rings. The number of nitrogens with two attached hydrogens (primary N) is 1. The maximum atomic E-state index is 9.45. The highest BCUT2D eigenvalue weighted by Crippen LogP contribution is 2.38. The van der Waals surface area contributed by atoms with Crippen molar-refractivity contribution in [2.75, 3.05) is 5.73 Å². The largest absolute Gasteiger partial charge is 0.508 e. The third kappa shape index (κ3) is 1.18. The summed E-state index contributed by atoms with van der Waals surface area (Å²) in [7, 11) is 0. The van der Waals surface area contributed by atoms with Crippen LogP contribution in [0.2, 0.25) is 0 Å². The molecule has 0 saturated carbocycles. The van der Waals surface area contributed by atoms with Crippen molar-refractivity contribution in [3.05, 3.63) is 47.5 Å². The molecule has 0 atom stereocenters. The quantitative estimate of drug-likeness (QED) is 0.544. The van der Waals surface area contributed by atoms with Crippen molar-refractivity contribution in [3.8, 4) is 16.9 Å². The lowest BCUT2D eigenvalue weighted by Crippen LogP contribution is -1.86. The zero-order chi connectivity index (χ0) is 10.4. The smallest absolute Gasteiger partial charge is 0.116 e. The molecule has 2 nitrogen and oxygen atoms in total. The number of phenolic OH excluding ortho intramolecular Hbond substituents is 1. The first-order valence-corrected chi connectivity index (χ1v) is 4.95. The Morgan fingerprint density at radius 1 is 0.933 bits per heavy atom.